The first-order valence-corrected chi connectivity index (χ1v) is 55.3. The lowest BCUT2D eigenvalue weighted by Crippen LogP contribution is -2.54. The van der Waals surface area contributed by atoms with Gasteiger partial charge in [0.1, 0.15) is 5.82 Å². The van der Waals surface area contributed by atoms with Crippen molar-refractivity contribution in [3.8, 4) is 0 Å². The Morgan fingerprint density at radius 1 is 0.292 bits per heavy atom. The first-order chi connectivity index (χ1) is 65.1. The van der Waals surface area contributed by atoms with Crippen LogP contribution in [0, 0.1) is 127 Å². The zero-order valence-corrected chi connectivity index (χ0v) is 88.2. The Kier molecular flexibility index (Phi) is 24.9. The normalized spacial score (nSPS) is 37.8. The molecule has 0 saturated heterocycles. The van der Waals surface area contributed by atoms with Crippen molar-refractivity contribution in [2.45, 2.75) is 378 Å². The maximum atomic E-state index is 6.48. The molecule has 0 amide bonds. The quantitative estimate of drug-likeness (QED) is 0.140. The van der Waals surface area contributed by atoms with Gasteiger partial charge in [-0.05, 0) is 504 Å². The summed E-state index contributed by atoms with van der Waals surface area (Å²) in [6, 6.07) is 47.9. The van der Waals surface area contributed by atoms with Gasteiger partial charge in [0.15, 0.2) is 0 Å². The van der Waals surface area contributed by atoms with Gasteiger partial charge in [0, 0.05) is 29.4 Å². The molecule has 7 nitrogen and oxygen atoms in total. The van der Waals surface area contributed by atoms with Gasteiger partial charge in [-0.15, -0.1) is 0 Å². The maximum Gasteiger partial charge on any atom is 0.125 e. The summed E-state index contributed by atoms with van der Waals surface area (Å²) >= 11 is 0. The van der Waals surface area contributed by atoms with Crippen LogP contribution >= 0.6 is 0 Å². The standard InChI is InChI=1S/C33H44O.C33H42O.C32H42N2O.C32H41NO/c2*1-31(2,3)34-26-16-18-32(4)25(21-26)12-13-27-29-15-14-28(33(29,5)19-17-30(27)32)24-11-10-22-8-6-7-9-23(22)20-24;1-20-33-19-22-17-21(7-12-29(22)34-20)26-10-11-27-25-9-8-23-18-24(35-30(2,3)4)13-15-31(23,5)28(25)14-16-32(26,27)6;1-30(2,3)34-25-12-15-31(4)24(19-25)8-9-26-28-11-10-27(32(28,5)16-13-29(26)31)22-6-7-23-20-33-17-14-21(23)18-22/h6-11,14,20,25-27,29-30H,12-13,15-19,21H2,1-5H3;6-12,14,20,26-27,29-30H,13,15-19,21H2,1-5H3;7-8,10,12,17,19,24-25,27-28H,9,11,13-16,18H2,1-6H3;6-8,10,14,17-18,20,25-26,28-29H,9,11-13,15-16,19H2,1-5H3/t25?,26-,27-,29-,30-,32-,33+;26-,27-,29-,30-,32-,33+;24-,25-,27-,28-,31-,32+;25-,26-,28-,29-,31-,32+/m0000/s1. The van der Waals surface area contributed by atoms with E-state index in [1.54, 1.807) is 39.0 Å². The number of hydrogen-bond donors (Lipinski definition) is 0. The van der Waals surface area contributed by atoms with Gasteiger partial charge < -0.3 is 18.9 Å². The van der Waals surface area contributed by atoms with Gasteiger partial charge in [-0.3, -0.25) is 4.98 Å². The molecule has 8 aromatic rings. The lowest BCUT2D eigenvalue weighted by atomic mass is 9.44. The third kappa shape index (κ3) is 17.6. The van der Waals surface area contributed by atoms with Gasteiger partial charge in [-0.2, -0.15) is 0 Å². The third-order valence-electron chi connectivity index (χ3n) is 41.3. The molecule has 9 fully saturated rings. The first kappa shape index (κ1) is 95.8. The van der Waals surface area contributed by atoms with Crippen LogP contribution in [0.25, 0.3) is 65.5 Å². The number of aryl methyl sites for hydroxylation is 1. The Morgan fingerprint density at radius 3 is 1.04 bits per heavy atom. The predicted molar refractivity (Wildman–Crippen MR) is 573 cm³/mol. The van der Waals surface area contributed by atoms with Crippen molar-refractivity contribution < 1.29 is 18.9 Å². The molecule has 24 rings (SSSR count). The summed E-state index contributed by atoms with van der Waals surface area (Å²) in [6.07, 6.45) is 63.3. The molecule has 25 atom stereocenters. The zero-order valence-electron chi connectivity index (χ0n) is 88.2. The van der Waals surface area contributed by atoms with Crippen LogP contribution in [0.2, 0.25) is 0 Å². The molecule has 2 aromatic heterocycles. The van der Waals surface area contributed by atoms with E-state index >= 15 is 0 Å². The molecule has 0 aliphatic heterocycles. The highest BCUT2D eigenvalue weighted by atomic mass is 16.5. The smallest absolute Gasteiger partial charge is 0.125 e. The van der Waals surface area contributed by atoms with Crippen molar-refractivity contribution in [3.63, 3.8) is 0 Å². The number of nitrogens with zero attached hydrogens (tertiary/aromatic N) is 3. The fraction of sp³-hybridized carbons (Fsp3) is 0.608. The fourth-order valence-corrected chi connectivity index (χ4v) is 34.8. The van der Waals surface area contributed by atoms with E-state index in [0.717, 1.165) is 113 Å². The largest absolute Gasteiger partial charge is 0.373 e. The van der Waals surface area contributed by atoms with Gasteiger partial charge in [0.25, 0.3) is 0 Å². The zero-order chi connectivity index (χ0) is 95.7. The van der Waals surface area contributed by atoms with Crippen molar-refractivity contribution in [3.05, 3.63) is 233 Å². The molecule has 0 bridgehead atoms. The monoisotopic (exact) mass is 1840 g/mol. The summed E-state index contributed by atoms with van der Waals surface area (Å²) in [5.74, 6) is 11.5. The van der Waals surface area contributed by atoms with Crippen molar-refractivity contribution >= 4 is 65.5 Å². The second-order valence-electron chi connectivity index (χ2n) is 53.3. The molecule has 6 aromatic carbocycles. The van der Waals surface area contributed by atoms with Gasteiger partial charge >= 0.3 is 0 Å². The van der Waals surface area contributed by atoms with Gasteiger partial charge in [-0.1, -0.05) is 206 Å². The number of aromatic nitrogens is 3. The van der Waals surface area contributed by atoms with E-state index < -0.39 is 0 Å². The molecule has 16 aliphatic rings. The number of fused-ring (bicyclic) bond motifs is 24. The highest BCUT2D eigenvalue weighted by Gasteiger charge is 2.63. The Balaban J connectivity index is 0.000000109. The summed E-state index contributed by atoms with van der Waals surface area (Å²) in [4.78, 5) is 13.4. The summed E-state index contributed by atoms with van der Waals surface area (Å²) in [5.41, 5.74) is 21.1. The van der Waals surface area contributed by atoms with Crippen molar-refractivity contribution in [1.29, 1.82) is 0 Å². The van der Waals surface area contributed by atoms with E-state index in [1.807, 2.05) is 25.5 Å². The SMILES string of the molecule is CC(C)(C)O[C@H]1CC[C@@]2(C)C(=CC[C@@H]3[C@@H]2CC[C@]2(C)C(c4ccc5ccccc5c4)=CC[C@@H]32)C1.CC(C)(C)O[C@H]1CC[C@@]2(C)C(=CC[C@@H]3[C@@H]2CC[C@]2(C)C(c4ccc5cnccc5c4)=CC[C@@H]32)C1.CC(C)(C)O[C@H]1CC[C@@]2(C)C(CC[C@@H]3[C@@H]2CC[C@]2(C)C(c4ccc5ccccc5c4)=CC[C@@H]32)C1.Cc1ncc2cc(C3=CC[C@H]4[C@@H]5CC=C6C[C@@H](OC(C)(C)C)CC[C@]6(C)[C@H]5CC[C@]34C)ccc2n1. The molecule has 0 N–H and O–H groups in total. The van der Waals surface area contributed by atoms with Crippen LogP contribution in [0.4, 0.5) is 0 Å². The number of rotatable bonds is 8. The second kappa shape index (κ2) is 35.6. The lowest BCUT2D eigenvalue weighted by Gasteiger charge is -2.61. The van der Waals surface area contributed by atoms with E-state index in [0.29, 0.717) is 62.3 Å². The van der Waals surface area contributed by atoms with Crippen LogP contribution in [-0.2, 0) is 18.9 Å². The molecule has 16 aliphatic carbocycles. The average molecular weight is 1840 g/mol. The van der Waals surface area contributed by atoms with Crippen molar-refractivity contribution in [2.24, 2.45) is 120 Å². The average Bonchev–Trinajstić information content (AvgIpc) is 1.67. The summed E-state index contributed by atoms with van der Waals surface area (Å²) in [7, 11) is 0. The molecule has 7 heteroatoms. The van der Waals surface area contributed by atoms with Crippen LogP contribution in [0.15, 0.2) is 205 Å². The molecule has 2 heterocycles. The molecule has 0 radical (unpaired) electrons. The third-order valence-corrected chi connectivity index (χ3v) is 41.3. The highest BCUT2D eigenvalue weighted by Crippen LogP contribution is 2.73. The van der Waals surface area contributed by atoms with E-state index in [-0.39, 0.29) is 27.8 Å². The molecular weight excluding hydrogens is 1670 g/mol. The number of allylic oxidation sites excluding steroid dienone is 11. The van der Waals surface area contributed by atoms with E-state index in [1.165, 1.54) is 222 Å². The topological polar surface area (TPSA) is 75.6 Å². The maximum absolute atomic E-state index is 6.48. The Labute approximate surface area is 825 Å². The summed E-state index contributed by atoms with van der Waals surface area (Å²) in [5, 5.41) is 9.14. The Morgan fingerprint density at radius 2 is 0.635 bits per heavy atom. The van der Waals surface area contributed by atoms with Crippen molar-refractivity contribution in [2.75, 3.05) is 0 Å². The van der Waals surface area contributed by atoms with Crippen LogP contribution in [0.3, 0.4) is 0 Å². The fourth-order valence-electron chi connectivity index (χ4n) is 34.8. The van der Waals surface area contributed by atoms with Crippen LogP contribution < -0.4 is 0 Å². The minimum absolute atomic E-state index is 0.0169. The van der Waals surface area contributed by atoms with Crippen LogP contribution in [-0.4, -0.2) is 61.8 Å². The summed E-state index contributed by atoms with van der Waals surface area (Å²) in [6.45, 7) is 49.3. The minimum atomic E-state index is -0.0531. The van der Waals surface area contributed by atoms with Crippen LogP contribution in [0.5, 0.6) is 0 Å². The molecule has 9 saturated carbocycles. The Hall–Kier alpha value is -7.39. The number of ether oxygens (including phenoxy) is 4. The predicted octanol–water partition coefficient (Wildman–Crippen LogP) is 34.5. The Bertz CT molecular complexity index is 5950. The molecule has 1 unspecified atom stereocenters. The lowest BCUT2D eigenvalue weighted by molar-refractivity contribution is -0.148. The van der Waals surface area contributed by atoms with Gasteiger partial charge in [-0.25, -0.2) is 9.97 Å². The minimum Gasteiger partial charge on any atom is -0.373 e. The van der Waals surface area contributed by atoms with Gasteiger partial charge in [0.05, 0.1) is 52.3 Å². The molecular formula is C130H169N3O4. The summed E-state index contributed by atoms with van der Waals surface area (Å²) < 4.78 is 25.8. The van der Waals surface area contributed by atoms with E-state index in [4.69, 9.17) is 18.9 Å². The first-order valence-electron chi connectivity index (χ1n) is 55.3. The highest BCUT2D eigenvalue weighted by molar-refractivity contribution is 5.91. The molecule has 137 heavy (non-hydrogen) atoms. The number of hydrogen-bond acceptors (Lipinski definition) is 7. The van der Waals surface area contributed by atoms with Crippen molar-refractivity contribution in [1.82, 2.24) is 15.0 Å². The second-order valence-corrected chi connectivity index (χ2v) is 53.3. The number of benzene rings is 6. The van der Waals surface area contributed by atoms with E-state index in [2.05, 4.69) is 323 Å². The van der Waals surface area contributed by atoms with Crippen LogP contribution in [0.1, 0.15) is 353 Å². The van der Waals surface area contributed by atoms with Gasteiger partial charge in [0.2, 0.25) is 0 Å². The number of pyridine rings is 1. The molecule has 728 valence electrons. The van der Waals surface area contributed by atoms with E-state index in [9.17, 15) is 0 Å². The molecule has 0 spiro atoms.